The Morgan fingerprint density at radius 2 is 1.51 bits per heavy atom. The summed E-state index contributed by atoms with van der Waals surface area (Å²) in [5.41, 5.74) is 2.46. The molecular formula is C33H46Cl2N2O4. The van der Waals surface area contributed by atoms with Gasteiger partial charge in [-0.25, -0.2) is 0 Å². The Kier molecular flexibility index (Phi) is 11.9. The summed E-state index contributed by atoms with van der Waals surface area (Å²) in [4.78, 5) is 37.6. The number of ketones is 1. The van der Waals surface area contributed by atoms with Gasteiger partial charge in [-0.3, -0.25) is 14.4 Å². The molecule has 226 valence electrons. The average Bonchev–Trinajstić information content (AvgIpc) is 2.91. The fraction of sp³-hybridized carbons (Fsp3) is 0.545. The van der Waals surface area contributed by atoms with Crippen LogP contribution < -0.4 is 15.4 Å². The lowest BCUT2D eigenvalue weighted by Gasteiger charge is -2.30. The molecule has 2 N–H and O–H groups in total. The van der Waals surface area contributed by atoms with Gasteiger partial charge in [0.2, 0.25) is 11.8 Å². The van der Waals surface area contributed by atoms with Crippen LogP contribution in [0, 0.1) is 5.41 Å². The highest BCUT2D eigenvalue weighted by atomic mass is 35.5. The van der Waals surface area contributed by atoms with E-state index in [0.29, 0.717) is 18.7 Å². The molecule has 0 aliphatic heterocycles. The molecule has 2 rings (SSSR count). The second kappa shape index (κ2) is 14.1. The molecule has 0 spiro atoms. The van der Waals surface area contributed by atoms with Gasteiger partial charge >= 0.3 is 0 Å². The average molecular weight is 606 g/mol. The fourth-order valence-electron chi connectivity index (χ4n) is 4.03. The van der Waals surface area contributed by atoms with E-state index in [1.165, 1.54) is 17.2 Å². The molecule has 0 heterocycles. The van der Waals surface area contributed by atoms with Crippen LogP contribution in [0.2, 0.25) is 5.02 Å². The van der Waals surface area contributed by atoms with Crippen molar-refractivity contribution >= 4 is 52.2 Å². The summed E-state index contributed by atoms with van der Waals surface area (Å²) in [6.07, 6.45) is 2.80. The highest BCUT2D eigenvalue weighted by Gasteiger charge is 2.33. The molecule has 0 unspecified atom stereocenters. The van der Waals surface area contributed by atoms with Crippen LogP contribution in [0.1, 0.15) is 99.1 Å². The van der Waals surface area contributed by atoms with E-state index in [0.717, 1.165) is 18.6 Å². The number of rotatable bonds is 13. The maximum atomic E-state index is 12.7. The minimum Gasteiger partial charge on any atom is -0.493 e. The molecule has 0 bridgehead atoms. The molecule has 2 amide bonds. The van der Waals surface area contributed by atoms with Crippen LogP contribution in [-0.4, -0.2) is 29.6 Å². The molecule has 2 aromatic rings. The first kappa shape index (κ1) is 34.6. The molecule has 2 aromatic carbocycles. The van der Waals surface area contributed by atoms with Crippen molar-refractivity contribution in [2.75, 3.05) is 17.2 Å². The zero-order valence-corrected chi connectivity index (χ0v) is 27.5. The number of carbonyl (C=O) groups excluding carboxylic acids is 3. The van der Waals surface area contributed by atoms with Gasteiger partial charge in [-0.05, 0) is 59.9 Å². The van der Waals surface area contributed by atoms with E-state index in [1.54, 1.807) is 32.9 Å². The van der Waals surface area contributed by atoms with Crippen molar-refractivity contribution in [3.8, 4) is 5.75 Å². The van der Waals surface area contributed by atoms with Gasteiger partial charge < -0.3 is 15.4 Å². The van der Waals surface area contributed by atoms with E-state index in [4.69, 9.17) is 27.9 Å². The molecule has 0 aliphatic rings. The predicted molar refractivity (Wildman–Crippen MR) is 171 cm³/mol. The van der Waals surface area contributed by atoms with Crippen molar-refractivity contribution < 1.29 is 19.1 Å². The Balaban J connectivity index is 2.01. The lowest BCUT2D eigenvalue weighted by Crippen LogP contribution is -2.37. The van der Waals surface area contributed by atoms with Gasteiger partial charge in [-0.2, -0.15) is 0 Å². The van der Waals surface area contributed by atoms with Crippen LogP contribution in [0.5, 0.6) is 5.75 Å². The van der Waals surface area contributed by atoms with Crippen molar-refractivity contribution in [2.24, 2.45) is 5.41 Å². The van der Waals surface area contributed by atoms with Gasteiger partial charge in [0.05, 0.1) is 17.3 Å². The van der Waals surface area contributed by atoms with Crippen molar-refractivity contribution in [2.45, 2.75) is 104 Å². The normalized spacial score (nSPS) is 13.0. The molecule has 0 saturated carbocycles. The Bertz CT molecular complexity index is 1250. The molecule has 0 fully saturated rings. The van der Waals surface area contributed by atoms with Crippen LogP contribution in [0.25, 0.3) is 0 Å². The number of ether oxygens (including phenoxy) is 1. The summed E-state index contributed by atoms with van der Waals surface area (Å²) in [5, 5.41) is 4.32. The number of carbonyl (C=O) groups is 3. The maximum Gasteiger partial charge on any atom is 0.250 e. The first-order valence-electron chi connectivity index (χ1n) is 14.3. The topological polar surface area (TPSA) is 84.5 Å². The molecule has 8 heteroatoms. The minimum absolute atomic E-state index is 0.0439. The Hall–Kier alpha value is -2.57. The van der Waals surface area contributed by atoms with E-state index < -0.39 is 22.5 Å². The highest BCUT2D eigenvalue weighted by molar-refractivity contribution is 6.44. The van der Waals surface area contributed by atoms with Gasteiger partial charge in [-0.15, -0.1) is 11.6 Å². The van der Waals surface area contributed by atoms with Crippen LogP contribution in [0.15, 0.2) is 36.4 Å². The maximum absolute atomic E-state index is 12.7. The van der Waals surface area contributed by atoms with E-state index in [9.17, 15) is 14.4 Å². The second-order valence-electron chi connectivity index (χ2n) is 12.8. The number of halogens is 2. The summed E-state index contributed by atoms with van der Waals surface area (Å²) in [5.74, 6) is -0.411. The number of hydrogen-bond donors (Lipinski definition) is 2. The number of hydrogen-bond acceptors (Lipinski definition) is 4. The summed E-state index contributed by atoms with van der Waals surface area (Å²) in [6.45, 7) is 18.8. The third-order valence-corrected chi connectivity index (χ3v) is 8.50. The van der Waals surface area contributed by atoms with Crippen LogP contribution in [0.3, 0.4) is 0 Å². The standard InChI is InChI=1S/C33H46Cl2N2O4/c1-10-32(6,7)21-14-17-26(23(19-21)33(8,9)11-2)41-18-12-13-27(38)36-22-15-16-24(34)25(20-22)37-30(40)28(35)29(39)31(3,4)5/h14-17,19-20,28H,10-13,18H2,1-9H3,(H,36,38)(H,37,40)/t28-/m1/s1. The summed E-state index contributed by atoms with van der Waals surface area (Å²) >= 11 is 12.3. The number of amides is 2. The molecule has 1 atom stereocenters. The lowest BCUT2D eigenvalue weighted by atomic mass is 9.76. The van der Waals surface area contributed by atoms with Crippen LogP contribution in [0.4, 0.5) is 11.4 Å². The zero-order valence-electron chi connectivity index (χ0n) is 26.0. The van der Waals surface area contributed by atoms with Gasteiger partial charge in [0.1, 0.15) is 5.75 Å². The Morgan fingerprint density at radius 3 is 2.10 bits per heavy atom. The van der Waals surface area contributed by atoms with E-state index in [2.05, 4.69) is 70.4 Å². The number of benzene rings is 2. The highest BCUT2D eigenvalue weighted by Crippen LogP contribution is 2.38. The second-order valence-corrected chi connectivity index (χ2v) is 13.7. The van der Waals surface area contributed by atoms with Crippen molar-refractivity contribution in [1.82, 2.24) is 0 Å². The minimum atomic E-state index is -1.36. The monoisotopic (exact) mass is 604 g/mol. The van der Waals surface area contributed by atoms with Crippen LogP contribution >= 0.6 is 23.2 Å². The van der Waals surface area contributed by atoms with Crippen LogP contribution in [-0.2, 0) is 25.2 Å². The van der Waals surface area contributed by atoms with Gasteiger partial charge in [0.25, 0.3) is 0 Å². The van der Waals surface area contributed by atoms with Gasteiger partial charge in [0, 0.05) is 23.1 Å². The number of Topliss-reactive ketones (excluding diaryl/α,β-unsaturated/α-hetero) is 1. The van der Waals surface area contributed by atoms with Gasteiger partial charge in [0.15, 0.2) is 11.2 Å². The summed E-state index contributed by atoms with van der Waals surface area (Å²) < 4.78 is 6.19. The van der Waals surface area contributed by atoms with Crippen molar-refractivity contribution in [1.29, 1.82) is 0 Å². The van der Waals surface area contributed by atoms with E-state index in [1.807, 2.05) is 0 Å². The van der Waals surface area contributed by atoms with Crippen molar-refractivity contribution in [3.63, 3.8) is 0 Å². The first-order valence-corrected chi connectivity index (χ1v) is 15.1. The molecule has 0 saturated heterocycles. The third-order valence-electron chi connectivity index (χ3n) is 7.77. The molecule has 0 aliphatic carbocycles. The molecule has 0 radical (unpaired) electrons. The lowest BCUT2D eigenvalue weighted by molar-refractivity contribution is -0.130. The quantitative estimate of drug-likeness (QED) is 0.136. The van der Waals surface area contributed by atoms with Gasteiger partial charge in [-0.1, -0.05) is 86.0 Å². The predicted octanol–water partition coefficient (Wildman–Crippen LogP) is 8.67. The van der Waals surface area contributed by atoms with E-state index in [-0.39, 0.29) is 33.9 Å². The largest absolute Gasteiger partial charge is 0.493 e. The third kappa shape index (κ3) is 9.47. The summed E-state index contributed by atoms with van der Waals surface area (Å²) in [6, 6.07) is 11.2. The molecule has 6 nitrogen and oxygen atoms in total. The van der Waals surface area contributed by atoms with E-state index >= 15 is 0 Å². The summed E-state index contributed by atoms with van der Waals surface area (Å²) in [7, 11) is 0. The SMILES string of the molecule is CCC(C)(C)c1ccc(OCCCC(=O)Nc2ccc(Cl)c(NC(=O)[C@H](Cl)C(=O)C(C)(C)C)c2)c(C(C)(C)CC)c1. The number of nitrogens with one attached hydrogen (secondary N) is 2. The Morgan fingerprint density at radius 1 is 0.878 bits per heavy atom. The zero-order chi connectivity index (χ0) is 31.2. The Labute approximate surface area is 255 Å². The number of alkyl halides is 1. The molecular weight excluding hydrogens is 559 g/mol. The number of anilines is 2. The fourth-order valence-corrected chi connectivity index (χ4v) is 4.58. The molecule has 0 aromatic heterocycles. The smallest absolute Gasteiger partial charge is 0.250 e. The molecule has 41 heavy (non-hydrogen) atoms. The first-order chi connectivity index (χ1) is 18.9. The van der Waals surface area contributed by atoms with Crippen molar-refractivity contribution in [3.05, 3.63) is 52.5 Å².